The first-order valence-electron chi connectivity index (χ1n) is 15.2. The molecule has 1 aromatic carbocycles. The summed E-state index contributed by atoms with van der Waals surface area (Å²) < 4.78 is 35.2. The van der Waals surface area contributed by atoms with Crippen LogP contribution in [0.25, 0.3) is 0 Å². The van der Waals surface area contributed by atoms with Crippen LogP contribution < -0.4 is 4.74 Å². The summed E-state index contributed by atoms with van der Waals surface area (Å²) in [5, 5.41) is 0. The van der Waals surface area contributed by atoms with E-state index < -0.39 is 11.6 Å². The molecule has 2 aliphatic carbocycles. The smallest absolute Gasteiger partial charge is 0.200 e. The minimum Gasteiger partial charge on any atom is -0.490 e. The molecule has 1 aromatic rings. The predicted octanol–water partition coefficient (Wildman–Crippen LogP) is 10.8. The maximum atomic E-state index is 14.9. The molecule has 0 aliphatic heterocycles. The Morgan fingerprint density at radius 3 is 1.86 bits per heavy atom. The van der Waals surface area contributed by atoms with Crippen LogP contribution in [0.2, 0.25) is 0 Å². The Kier molecular flexibility index (Phi) is 12.9. The molecule has 0 spiro atoms. The normalized spacial score (nSPS) is 25.0. The molecule has 1 nitrogen and oxygen atoms in total. The van der Waals surface area contributed by atoms with Crippen LogP contribution in [0.1, 0.15) is 147 Å². The van der Waals surface area contributed by atoms with Gasteiger partial charge in [0, 0.05) is 0 Å². The SMILES string of the molecule is CCCCCCCOc1ccc(C2CCC(C3CCC(CCCCCCC)CC3)CC2)c(F)c1F. The van der Waals surface area contributed by atoms with Gasteiger partial charge in [-0.2, -0.15) is 4.39 Å². The van der Waals surface area contributed by atoms with E-state index >= 15 is 0 Å². The third-order valence-electron chi connectivity index (χ3n) is 9.07. The number of benzene rings is 1. The van der Waals surface area contributed by atoms with Gasteiger partial charge in [0.05, 0.1) is 6.61 Å². The lowest BCUT2D eigenvalue weighted by atomic mass is 9.68. The second-order valence-corrected chi connectivity index (χ2v) is 11.6. The number of hydrogen-bond acceptors (Lipinski definition) is 1. The van der Waals surface area contributed by atoms with Crippen molar-refractivity contribution in [2.24, 2.45) is 17.8 Å². The summed E-state index contributed by atoms with van der Waals surface area (Å²) in [5.41, 5.74) is 0.572. The van der Waals surface area contributed by atoms with E-state index in [4.69, 9.17) is 4.74 Å². The molecule has 0 unspecified atom stereocenters. The third-order valence-corrected chi connectivity index (χ3v) is 9.07. The number of ether oxygens (including phenoxy) is 1. The fraction of sp³-hybridized carbons (Fsp3) is 0.812. The van der Waals surface area contributed by atoms with Crippen molar-refractivity contribution in [1.29, 1.82) is 0 Å². The molecule has 0 N–H and O–H groups in total. The fourth-order valence-corrected chi connectivity index (χ4v) is 6.75. The van der Waals surface area contributed by atoms with E-state index in [1.165, 1.54) is 96.3 Å². The summed E-state index contributed by atoms with van der Waals surface area (Å²) in [6.07, 6.45) is 23.9. The lowest BCUT2D eigenvalue weighted by molar-refractivity contribution is 0.155. The van der Waals surface area contributed by atoms with Crippen LogP contribution in [0, 0.1) is 29.4 Å². The molecule has 2 fully saturated rings. The molecule has 200 valence electrons. The number of hydrogen-bond donors (Lipinski definition) is 0. The molecule has 0 atom stereocenters. The molecule has 35 heavy (non-hydrogen) atoms. The van der Waals surface area contributed by atoms with Crippen LogP contribution in [0.5, 0.6) is 5.75 Å². The standard InChI is InChI=1S/C32H52F2O/c1-3-5-7-9-11-13-25-14-16-26(17-15-25)27-18-20-28(21-19-27)29-22-23-30(32(34)31(29)33)35-24-12-10-8-6-4-2/h22-23,25-28H,3-21,24H2,1-2H3. The molecule has 2 aliphatic rings. The largest absolute Gasteiger partial charge is 0.490 e. The lowest BCUT2D eigenvalue weighted by Gasteiger charge is -2.38. The summed E-state index contributed by atoms with van der Waals surface area (Å²) in [4.78, 5) is 0. The van der Waals surface area contributed by atoms with Crippen LogP contribution in [-0.2, 0) is 0 Å². The Labute approximate surface area is 214 Å². The zero-order valence-electron chi connectivity index (χ0n) is 22.8. The summed E-state index contributed by atoms with van der Waals surface area (Å²) >= 11 is 0. The van der Waals surface area contributed by atoms with E-state index in [0.29, 0.717) is 12.2 Å². The van der Waals surface area contributed by atoms with Gasteiger partial charge in [0.25, 0.3) is 0 Å². The molecule has 0 radical (unpaired) electrons. The lowest BCUT2D eigenvalue weighted by Crippen LogP contribution is -2.25. The van der Waals surface area contributed by atoms with E-state index in [1.54, 1.807) is 12.1 Å². The molecule has 0 aromatic heterocycles. The van der Waals surface area contributed by atoms with Gasteiger partial charge in [0.2, 0.25) is 5.82 Å². The predicted molar refractivity (Wildman–Crippen MR) is 144 cm³/mol. The summed E-state index contributed by atoms with van der Waals surface area (Å²) in [5.74, 6) is 1.39. The van der Waals surface area contributed by atoms with Gasteiger partial charge in [0.1, 0.15) is 0 Å². The molecule has 0 amide bonds. The molecule has 0 bridgehead atoms. The first-order valence-corrected chi connectivity index (χ1v) is 15.2. The molecule has 2 saturated carbocycles. The Morgan fingerprint density at radius 2 is 1.23 bits per heavy atom. The monoisotopic (exact) mass is 490 g/mol. The molecular formula is C32H52F2O. The highest BCUT2D eigenvalue weighted by molar-refractivity contribution is 5.33. The van der Waals surface area contributed by atoms with Gasteiger partial charge in [-0.3, -0.25) is 0 Å². The molecule has 3 rings (SSSR count). The highest BCUT2D eigenvalue weighted by atomic mass is 19.2. The van der Waals surface area contributed by atoms with Crippen molar-refractivity contribution in [3.63, 3.8) is 0 Å². The first kappa shape index (κ1) is 28.5. The van der Waals surface area contributed by atoms with E-state index in [0.717, 1.165) is 43.4 Å². The second-order valence-electron chi connectivity index (χ2n) is 11.6. The Hall–Kier alpha value is -1.12. The van der Waals surface area contributed by atoms with Crippen LogP contribution in [0.4, 0.5) is 8.78 Å². The number of rotatable bonds is 15. The van der Waals surface area contributed by atoms with Gasteiger partial charge in [-0.25, -0.2) is 4.39 Å². The number of unbranched alkanes of at least 4 members (excludes halogenated alkanes) is 8. The minimum absolute atomic E-state index is 0.0811. The van der Waals surface area contributed by atoms with Gasteiger partial charge in [0.15, 0.2) is 11.6 Å². The fourth-order valence-electron chi connectivity index (χ4n) is 6.75. The van der Waals surface area contributed by atoms with Gasteiger partial charge in [-0.05, 0) is 80.2 Å². The van der Waals surface area contributed by atoms with Gasteiger partial charge >= 0.3 is 0 Å². The van der Waals surface area contributed by atoms with E-state index in [1.807, 2.05) is 0 Å². The zero-order valence-corrected chi connectivity index (χ0v) is 22.8. The van der Waals surface area contributed by atoms with Crippen molar-refractivity contribution in [3.05, 3.63) is 29.3 Å². The topological polar surface area (TPSA) is 9.23 Å². The van der Waals surface area contributed by atoms with Crippen molar-refractivity contribution in [1.82, 2.24) is 0 Å². The zero-order chi connectivity index (χ0) is 24.9. The van der Waals surface area contributed by atoms with Crippen molar-refractivity contribution < 1.29 is 13.5 Å². The Bertz CT molecular complexity index is 702. The average molecular weight is 491 g/mol. The minimum atomic E-state index is -0.786. The van der Waals surface area contributed by atoms with Gasteiger partial charge in [-0.15, -0.1) is 0 Å². The Morgan fingerprint density at radius 1 is 0.657 bits per heavy atom. The Balaban J connectivity index is 1.38. The summed E-state index contributed by atoms with van der Waals surface area (Å²) in [6.45, 7) is 4.93. The van der Waals surface area contributed by atoms with Crippen LogP contribution in [0.15, 0.2) is 12.1 Å². The van der Waals surface area contributed by atoms with Gasteiger partial charge in [-0.1, -0.05) is 97.0 Å². The molecule has 3 heteroatoms. The first-order chi connectivity index (χ1) is 17.1. The van der Waals surface area contributed by atoms with Crippen LogP contribution in [0.3, 0.4) is 0 Å². The van der Waals surface area contributed by atoms with E-state index in [9.17, 15) is 8.78 Å². The highest BCUT2D eigenvalue weighted by Gasteiger charge is 2.32. The highest BCUT2D eigenvalue weighted by Crippen LogP contribution is 2.45. The van der Waals surface area contributed by atoms with Crippen molar-refractivity contribution in [2.75, 3.05) is 6.61 Å². The van der Waals surface area contributed by atoms with Crippen molar-refractivity contribution >= 4 is 0 Å². The van der Waals surface area contributed by atoms with Gasteiger partial charge < -0.3 is 4.74 Å². The summed E-state index contributed by atoms with van der Waals surface area (Å²) in [6, 6.07) is 3.46. The molecule has 0 heterocycles. The second kappa shape index (κ2) is 15.9. The quantitative estimate of drug-likeness (QED) is 0.222. The maximum Gasteiger partial charge on any atom is 0.200 e. The van der Waals surface area contributed by atoms with Crippen molar-refractivity contribution in [3.8, 4) is 5.75 Å². The molecular weight excluding hydrogens is 438 g/mol. The molecule has 0 saturated heterocycles. The van der Waals surface area contributed by atoms with Crippen LogP contribution in [-0.4, -0.2) is 6.61 Å². The van der Waals surface area contributed by atoms with E-state index in [2.05, 4.69) is 13.8 Å². The van der Waals surface area contributed by atoms with Crippen molar-refractivity contribution in [2.45, 2.75) is 142 Å². The number of halogens is 2. The maximum absolute atomic E-state index is 14.9. The van der Waals surface area contributed by atoms with Crippen LogP contribution >= 0.6 is 0 Å². The third kappa shape index (κ3) is 9.04. The average Bonchev–Trinajstić information content (AvgIpc) is 2.89. The summed E-state index contributed by atoms with van der Waals surface area (Å²) in [7, 11) is 0. The van der Waals surface area contributed by atoms with E-state index in [-0.39, 0.29) is 11.7 Å².